The standard InChI is InChI=1S/C15H21ClN2O4S/c1-15(2,3)14(20)17-9-5-8-13(19)18-23(21,22)12-7-4-6-11(16)10-12/h4,6-7,10H,5,8-9H2,1-3H3,(H,17,20)(H,18,19). The van der Waals surface area contributed by atoms with Gasteiger partial charge in [-0.25, -0.2) is 13.1 Å². The zero-order valence-electron chi connectivity index (χ0n) is 13.3. The second-order valence-corrected chi connectivity index (χ2v) is 8.21. The first kappa shape index (κ1) is 19.4. The zero-order valence-corrected chi connectivity index (χ0v) is 14.9. The molecule has 0 unspecified atom stereocenters. The summed E-state index contributed by atoms with van der Waals surface area (Å²) in [4.78, 5) is 23.3. The van der Waals surface area contributed by atoms with Gasteiger partial charge in [-0.1, -0.05) is 38.4 Å². The zero-order chi connectivity index (χ0) is 17.7. The minimum atomic E-state index is -3.93. The second kappa shape index (κ2) is 7.79. The van der Waals surface area contributed by atoms with Crippen molar-refractivity contribution >= 4 is 33.4 Å². The van der Waals surface area contributed by atoms with E-state index in [0.717, 1.165) is 0 Å². The molecule has 1 aromatic rings. The molecule has 0 bridgehead atoms. The topological polar surface area (TPSA) is 92.3 Å². The molecule has 0 fully saturated rings. The normalized spacial score (nSPS) is 11.8. The van der Waals surface area contributed by atoms with Crippen LogP contribution in [0.2, 0.25) is 5.02 Å². The van der Waals surface area contributed by atoms with Gasteiger partial charge in [0.05, 0.1) is 4.90 Å². The highest BCUT2D eigenvalue weighted by Crippen LogP contribution is 2.15. The third kappa shape index (κ3) is 6.58. The van der Waals surface area contributed by atoms with Crippen molar-refractivity contribution in [3.8, 4) is 0 Å². The van der Waals surface area contributed by atoms with E-state index in [4.69, 9.17) is 11.6 Å². The number of sulfonamides is 1. The summed E-state index contributed by atoms with van der Waals surface area (Å²) in [5.74, 6) is -0.751. The molecule has 0 saturated heterocycles. The van der Waals surface area contributed by atoms with E-state index in [-0.39, 0.29) is 22.2 Å². The van der Waals surface area contributed by atoms with Crippen LogP contribution in [0.15, 0.2) is 29.2 Å². The van der Waals surface area contributed by atoms with E-state index in [1.807, 2.05) is 4.72 Å². The van der Waals surface area contributed by atoms with Gasteiger partial charge >= 0.3 is 0 Å². The van der Waals surface area contributed by atoms with E-state index in [2.05, 4.69) is 5.32 Å². The number of rotatable bonds is 6. The fraction of sp³-hybridized carbons (Fsp3) is 0.467. The van der Waals surface area contributed by atoms with Crippen LogP contribution in [-0.2, 0) is 19.6 Å². The number of benzene rings is 1. The van der Waals surface area contributed by atoms with Crippen LogP contribution in [0.5, 0.6) is 0 Å². The Hall–Kier alpha value is -1.60. The van der Waals surface area contributed by atoms with Gasteiger partial charge in [-0.15, -0.1) is 0 Å². The maximum atomic E-state index is 12.0. The lowest BCUT2D eigenvalue weighted by atomic mass is 9.96. The van der Waals surface area contributed by atoms with Gasteiger partial charge < -0.3 is 5.32 Å². The van der Waals surface area contributed by atoms with Crippen LogP contribution in [-0.4, -0.2) is 26.8 Å². The molecule has 8 heteroatoms. The van der Waals surface area contributed by atoms with Gasteiger partial charge in [-0.3, -0.25) is 9.59 Å². The first-order chi connectivity index (χ1) is 10.5. The molecule has 0 aliphatic heterocycles. The third-order valence-electron chi connectivity index (χ3n) is 2.90. The Kier molecular flexibility index (Phi) is 6.58. The fourth-order valence-corrected chi connectivity index (χ4v) is 2.92. The molecule has 128 valence electrons. The van der Waals surface area contributed by atoms with Gasteiger partial charge in [0.15, 0.2) is 0 Å². The molecular weight excluding hydrogens is 340 g/mol. The summed E-state index contributed by atoms with van der Waals surface area (Å²) in [6.45, 7) is 5.66. The molecule has 23 heavy (non-hydrogen) atoms. The van der Waals surface area contributed by atoms with Crippen molar-refractivity contribution in [1.82, 2.24) is 10.0 Å². The van der Waals surface area contributed by atoms with E-state index < -0.39 is 21.3 Å². The SMILES string of the molecule is CC(C)(C)C(=O)NCCCC(=O)NS(=O)(=O)c1cccc(Cl)c1. The highest BCUT2D eigenvalue weighted by Gasteiger charge is 2.21. The lowest BCUT2D eigenvalue weighted by molar-refractivity contribution is -0.128. The van der Waals surface area contributed by atoms with Gasteiger partial charge in [0, 0.05) is 23.4 Å². The van der Waals surface area contributed by atoms with Crippen LogP contribution in [0.1, 0.15) is 33.6 Å². The van der Waals surface area contributed by atoms with Crippen molar-refractivity contribution < 1.29 is 18.0 Å². The predicted octanol–water partition coefficient (Wildman–Crippen LogP) is 2.09. The molecule has 2 amide bonds. The van der Waals surface area contributed by atoms with Gasteiger partial charge in [-0.2, -0.15) is 0 Å². The molecule has 1 aromatic carbocycles. The molecule has 0 radical (unpaired) electrons. The van der Waals surface area contributed by atoms with Crippen LogP contribution in [0.25, 0.3) is 0 Å². The first-order valence-electron chi connectivity index (χ1n) is 7.12. The summed E-state index contributed by atoms with van der Waals surface area (Å²) >= 11 is 5.74. The minimum Gasteiger partial charge on any atom is -0.356 e. The van der Waals surface area contributed by atoms with Gasteiger partial charge in [0.2, 0.25) is 11.8 Å². The Morgan fingerprint density at radius 2 is 1.87 bits per heavy atom. The molecule has 0 aliphatic rings. The van der Waals surface area contributed by atoms with Crippen molar-refractivity contribution in [2.75, 3.05) is 6.54 Å². The minimum absolute atomic E-state index is 0.00970. The predicted molar refractivity (Wildman–Crippen MR) is 88.5 cm³/mol. The van der Waals surface area contributed by atoms with Crippen molar-refractivity contribution in [2.45, 2.75) is 38.5 Å². The molecular formula is C15H21ClN2O4S. The number of nitrogens with one attached hydrogen (secondary N) is 2. The summed E-state index contributed by atoms with van der Waals surface area (Å²) in [6, 6.07) is 5.65. The van der Waals surface area contributed by atoms with Crippen molar-refractivity contribution in [3.05, 3.63) is 29.3 Å². The molecule has 0 atom stereocenters. The Balaban J connectivity index is 2.46. The van der Waals surface area contributed by atoms with E-state index >= 15 is 0 Å². The van der Waals surface area contributed by atoms with Crippen LogP contribution in [0.3, 0.4) is 0 Å². The second-order valence-electron chi connectivity index (χ2n) is 6.10. The van der Waals surface area contributed by atoms with Crippen molar-refractivity contribution in [2.24, 2.45) is 5.41 Å². The first-order valence-corrected chi connectivity index (χ1v) is 8.98. The molecule has 0 aromatic heterocycles. The summed E-state index contributed by atoms with van der Waals surface area (Å²) < 4.78 is 26.0. The Bertz CT molecular complexity index is 681. The molecule has 0 spiro atoms. The molecule has 0 aliphatic carbocycles. The summed E-state index contributed by atoms with van der Waals surface area (Å²) in [5, 5.41) is 2.96. The number of halogens is 1. The quantitative estimate of drug-likeness (QED) is 0.760. The molecule has 1 rings (SSSR count). The Morgan fingerprint density at radius 3 is 2.43 bits per heavy atom. The third-order valence-corrected chi connectivity index (χ3v) is 4.51. The van der Waals surface area contributed by atoms with Crippen molar-refractivity contribution in [3.63, 3.8) is 0 Å². The number of hydrogen-bond donors (Lipinski definition) is 2. The molecule has 0 saturated carbocycles. The number of carbonyl (C=O) groups excluding carboxylic acids is 2. The van der Waals surface area contributed by atoms with E-state index in [1.54, 1.807) is 26.8 Å². The van der Waals surface area contributed by atoms with E-state index in [9.17, 15) is 18.0 Å². The molecule has 6 nitrogen and oxygen atoms in total. The Labute approximate surface area is 141 Å². The maximum absolute atomic E-state index is 12.0. The highest BCUT2D eigenvalue weighted by molar-refractivity contribution is 7.90. The number of amides is 2. The van der Waals surface area contributed by atoms with E-state index in [1.165, 1.54) is 18.2 Å². The lowest BCUT2D eigenvalue weighted by Gasteiger charge is -2.17. The van der Waals surface area contributed by atoms with Crippen molar-refractivity contribution in [1.29, 1.82) is 0 Å². The van der Waals surface area contributed by atoms with Crippen LogP contribution >= 0.6 is 11.6 Å². The fourth-order valence-electron chi connectivity index (χ4n) is 1.61. The monoisotopic (exact) mass is 360 g/mol. The highest BCUT2D eigenvalue weighted by atomic mass is 35.5. The average molecular weight is 361 g/mol. The molecule has 2 N–H and O–H groups in total. The molecule has 0 heterocycles. The number of carbonyl (C=O) groups is 2. The average Bonchev–Trinajstić information content (AvgIpc) is 2.41. The van der Waals surface area contributed by atoms with Gasteiger partial charge in [-0.05, 0) is 24.6 Å². The van der Waals surface area contributed by atoms with Crippen LogP contribution in [0.4, 0.5) is 0 Å². The lowest BCUT2D eigenvalue weighted by Crippen LogP contribution is -2.36. The smallest absolute Gasteiger partial charge is 0.264 e. The number of hydrogen-bond acceptors (Lipinski definition) is 4. The largest absolute Gasteiger partial charge is 0.356 e. The maximum Gasteiger partial charge on any atom is 0.264 e. The van der Waals surface area contributed by atoms with E-state index in [0.29, 0.717) is 13.0 Å². The Morgan fingerprint density at radius 1 is 1.22 bits per heavy atom. The van der Waals surface area contributed by atoms with Gasteiger partial charge in [0.1, 0.15) is 0 Å². The summed E-state index contributed by atoms with van der Waals surface area (Å²) in [5.41, 5.74) is -0.502. The summed E-state index contributed by atoms with van der Waals surface area (Å²) in [7, 11) is -3.93. The van der Waals surface area contributed by atoms with Gasteiger partial charge in [0.25, 0.3) is 10.0 Å². The van der Waals surface area contributed by atoms with Crippen LogP contribution in [0, 0.1) is 5.41 Å². The van der Waals surface area contributed by atoms with Crippen LogP contribution < -0.4 is 10.0 Å². The summed E-state index contributed by atoms with van der Waals surface area (Å²) in [6.07, 6.45) is 0.336.